The number of halogens is 3. The molecule has 0 atom stereocenters. The van der Waals surface area contributed by atoms with Crippen LogP contribution >= 0.6 is 23.2 Å². The van der Waals surface area contributed by atoms with Crippen LogP contribution in [0.4, 0.5) is 4.39 Å². The molecule has 3 aromatic carbocycles. The minimum atomic E-state index is -0.536. The number of hydrogen-bond acceptors (Lipinski definition) is 5. The Balaban J connectivity index is 1.13. The summed E-state index contributed by atoms with van der Waals surface area (Å²) in [5.41, 5.74) is 6.93. The van der Waals surface area contributed by atoms with Crippen LogP contribution in [0.15, 0.2) is 94.4 Å². The van der Waals surface area contributed by atoms with Gasteiger partial charge in [-0.25, -0.2) is 9.82 Å². The number of nitrogens with one attached hydrogen (secondary N) is 1. The number of carbonyl (C=O) groups excluding carboxylic acids is 1. The number of furan rings is 1. The molecule has 42 heavy (non-hydrogen) atoms. The summed E-state index contributed by atoms with van der Waals surface area (Å²) < 4.78 is 32.7. The highest BCUT2D eigenvalue weighted by Gasteiger charge is 2.13. The van der Waals surface area contributed by atoms with Crippen molar-refractivity contribution in [1.29, 1.82) is 0 Å². The summed E-state index contributed by atoms with van der Waals surface area (Å²) in [6.45, 7) is 4.37. The third kappa shape index (κ3) is 7.02. The lowest BCUT2D eigenvalue weighted by molar-refractivity contribution is 0.0923. The van der Waals surface area contributed by atoms with Gasteiger partial charge < -0.3 is 18.5 Å². The third-order valence-corrected chi connectivity index (χ3v) is 6.87. The van der Waals surface area contributed by atoms with Crippen LogP contribution in [0.2, 0.25) is 10.0 Å². The van der Waals surface area contributed by atoms with Gasteiger partial charge in [0, 0.05) is 17.1 Å². The van der Waals surface area contributed by atoms with Crippen molar-refractivity contribution in [3.63, 3.8) is 0 Å². The van der Waals surface area contributed by atoms with Crippen molar-refractivity contribution in [2.45, 2.75) is 27.1 Å². The maximum atomic E-state index is 13.4. The van der Waals surface area contributed by atoms with Crippen molar-refractivity contribution in [3.05, 3.63) is 135 Å². The number of rotatable bonds is 10. The van der Waals surface area contributed by atoms with Crippen molar-refractivity contribution in [1.82, 2.24) is 9.99 Å². The van der Waals surface area contributed by atoms with E-state index >= 15 is 0 Å². The van der Waals surface area contributed by atoms with Gasteiger partial charge in [-0.05, 0) is 97.8 Å². The zero-order valence-electron chi connectivity index (χ0n) is 22.7. The van der Waals surface area contributed by atoms with Gasteiger partial charge in [-0.1, -0.05) is 35.3 Å². The first-order chi connectivity index (χ1) is 20.3. The van der Waals surface area contributed by atoms with Gasteiger partial charge in [-0.3, -0.25) is 4.79 Å². The van der Waals surface area contributed by atoms with Crippen LogP contribution in [0.25, 0.3) is 5.69 Å². The Hall–Kier alpha value is -4.53. The van der Waals surface area contributed by atoms with E-state index in [9.17, 15) is 9.18 Å². The van der Waals surface area contributed by atoms with Gasteiger partial charge >= 0.3 is 5.91 Å². The Morgan fingerprint density at radius 1 is 0.929 bits per heavy atom. The molecule has 0 fully saturated rings. The summed E-state index contributed by atoms with van der Waals surface area (Å²) in [6.07, 6.45) is 1.39. The molecule has 0 aliphatic heterocycles. The van der Waals surface area contributed by atoms with Crippen molar-refractivity contribution in [2.75, 3.05) is 0 Å². The zero-order valence-corrected chi connectivity index (χ0v) is 24.2. The Morgan fingerprint density at radius 3 is 2.33 bits per heavy atom. The Kier molecular flexibility index (Phi) is 8.95. The molecule has 214 valence electrons. The van der Waals surface area contributed by atoms with E-state index in [2.05, 4.69) is 41.1 Å². The topological polar surface area (TPSA) is 78.0 Å². The standard InChI is InChI=1S/C32H26Cl2FN3O4/c1-20-6-7-21(2)38(20)25-8-10-26(11-9-25)40-19-27-12-13-30(42-27)32(39)37-36-17-23-15-28(33)31(29(34)16-23)41-18-22-4-3-5-24(35)14-22/h3-17H,18-19H2,1-2H3,(H,37,39)/b36-17+. The number of ether oxygens (including phenoxy) is 2. The predicted molar refractivity (Wildman–Crippen MR) is 161 cm³/mol. The zero-order chi connectivity index (χ0) is 29.6. The SMILES string of the molecule is Cc1ccc(C)n1-c1ccc(OCc2ccc(C(=O)N/N=C/c3cc(Cl)c(OCc4cccc(F)c4)c(Cl)c3)o2)cc1. The van der Waals surface area contributed by atoms with Gasteiger partial charge in [0.25, 0.3) is 0 Å². The number of amides is 1. The van der Waals surface area contributed by atoms with Gasteiger partial charge in [-0.2, -0.15) is 5.10 Å². The van der Waals surface area contributed by atoms with Gasteiger partial charge in [0.15, 0.2) is 11.5 Å². The first-order valence-electron chi connectivity index (χ1n) is 12.9. The molecule has 0 aliphatic carbocycles. The van der Waals surface area contributed by atoms with E-state index in [0.29, 0.717) is 22.6 Å². The largest absolute Gasteiger partial charge is 0.486 e. The van der Waals surface area contributed by atoms with Crippen molar-refractivity contribution >= 4 is 35.3 Å². The average Bonchev–Trinajstić information content (AvgIpc) is 3.58. The fourth-order valence-electron chi connectivity index (χ4n) is 4.29. The van der Waals surface area contributed by atoms with Crippen LogP contribution < -0.4 is 14.9 Å². The van der Waals surface area contributed by atoms with Crippen molar-refractivity contribution in [2.24, 2.45) is 5.10 Å². The van der Waals surface area contributed by atoms with E-state index in [0.717, 1.165) is 17.1 Å². The van der Waals surface area contributed by atoms with E-state index in [-0.39, 0.29) is 40.6 Å². The molecule has 0 unspecified atom stereocenters. The lowest BCUT2D eigenvalue weighted by Crippen LogP contribution is -2.16. The minimum absolute atomic E-state index is 0.0804. The first-order valence-corrected chi connectivity index (χ1v) is 13.7. The van der Waals surface area contributed by atoms with E-state index in [1.54, 1.807) is 36.4 Å². The Labute approximate surface area is 252 Å². The van der Waals surface area contributed by atoms with E-state index in [4.69, 9.17) is 37.1 Å². The van der Waals surface area contributed by atoms with Gasteiger partial charge in [0.1, 0.15) is 30.5 Å². The van der Waals surface area contributed by atoms with E-state index in [1.807, 2.05) is 24.3 Å². The quantitative estimate of drug-likeness (QED) is 0.129. The lowest BCUT2D eigenvalue weighted by Gasteiger charge is -2.11. The highest BCUT2D eigenvalue weighted by atomic mass is 35.5. The molecule has 10 heteroatoms. The summed E-state index contributed by atoms with van der Waals surface area (Å²) in [5, 5.41) is 4.45. The van der Waals surface area contributed by atoms with Crippen LogP contribution in [-0.2, 0) is 13.2 Å². The highest BCUT2D eigenvalue weighted by molar-refractivity contribution is 6.37. The molecule has 0 saturated heterocycles. The predicted octanol–water partition coefficient (Wildman–Crippen LogP) is 8.05. The number of aromatic nitrogens is 1. The fraction of sp³-hybridized carbons (Fsp3) is 0.125. The second-order valence-corrected chi connectivity index (χ2v) is 10.2. The summed E-state index contributed by atoms with van der Waals surface area (Å²) >= 11 is 12.7. The van der Waals surface area contributed by atoms with Gasteiger partial charge in [0.2, 0.25) is 0 Å². The summed E-state index contributed by atoms with van der Waals surface area (Å²) in [4.78, 5) is 12.5. The maximum absolute atomic E-state index is 13.4. The normalized spacial score (nSPS) is 11.2. The maximum Gasteiger partial charge on any atom is 0.307 e. The van der Waals surface area contributed by atoms with Crippen LogP contribution in [0.3, 0.4) is 0 Å². The molecular weight excluding hydrogens is 580 g/mol. The summed E-state index contributed by atoms with van der Waals surface area (Å²) in [7, 11) is 0. The molecule has 1 amide bonds. The number of nitrogens with zero attached hydrogens (tertiary/aromatic N) is 2. The number of benzene rings is 3. The number of hydrogen-bond donors (Lipinski definition) is 1. The number of carbonyl (C=O) groups is 1. The molecule has 0 bridgehead atoms. The van der Waals surface area contributed by atoms with E-state index < -0.39 is 5.91 Å². The Bertz CT molecular complexity index is 1700. The molecule has 5 rings (SSSR count). The molecule has 5 aromatic rings. The fourth-order valence-corrected chi connectivity index (χ4v) is 4.91. The molecular formula is C32H26Cl2FN3O4. The second-order valence-electron chi connectivity index (χ2n) is 9.43. The van der Waals surface area contributed by atoms with Crippen LogP contribution in [0, 0.1) is 19.7 Å². The molecule has 2 heterocycles. The van der Waals surface area contributed by atoms with E-state index in [1.165, 1.54) is 18.3 Å². The Morgan fingerprint density at radius 2 is 1.64 bits per heavy atom. The van der Waals surface area contributed by atoms with Crippen molar-refractivity contribution < 1.29 is 23.1 Å². The van der Waals surface area contributed by atoms with Crippen LogP contribution in [0.5, 0.6) is 11.5 Å². The van der Waals surface area contributed by atoms with Crippen molar-refractivity contribution in [3.8, 4) is 17.2 Å². The lowest BCUT2D eigenvalue weighted by atomic mass is 10.2. The molecule has 0 radical (unpaired) electrons. The minimum Gasteiger partial charge on any atom is -0.486 e. The molecule has 7 nitrogen and oxygen atoms in total. The summed E-state index contributed by atoms with van der Waals surface area (Å²) in [5.74, 6) is 0.606. The first kappa shape index (κ1) is 29.0. The highest BCUT2D eigenvalue weighted by Crippen LogP contribution is 2.34. The molecule has 2 aromatic heterocycles. The van der Waals surface area contributed by atoms with Crippen LogP contribution in [-0.4, -0.2) is 16.7 Å². The molecule has 0 aliphatic rings. The number of aryl methyl sites for hydroxylation is 2. The molecule has 0 spiro atoms. The van der Waals surface area contributed by atoms with Crippen LogP contribution in [0.1, 0.15) is 38.8 Å². The molecule has 0 saturated carbocycles. The van der Waals surface area contributed by atoms with Gasteiger partial charge in [0.05, 0.1) is 16.3 Å². The van der Waals surface area contributed by atoms with Gasteiger partial charge in [-0.15, -0.1) is 0 Å². The monoisotopic (exact) mass is 605 g/mol. The number of hydrazone groups is 1. The second kappa shape index (κ2) is 13.0. The average molecular weight is 606 g/mol. The molecule has 1 N–H and O–H groups in total. The summed E-state index contributed by atoms with van der Waals surface area (Å²) in [6, 6.07) is 24.3. The smallest absolute Gasteiger partial charge is 0.307 e. The third-order valence-electron chi connectivity index (χ3n) is 6.31.